The molecule has 0 aliphatic carbocycles. The smallest absolute Gasteiger partial charge is 0.312 e. The van der Waals surface area contributed by atoms with Gasteiger partial charge in [0.1, 0.15) is 12.4 Å². The Kier molecular flexibility index (Phi) is 8.56. The van der Waals surface area contributed by atoms with E-state index in [4.69, 9.17) is 9.47 Å². The van der Waals surface area contributed by atoms with Crippen LogP contribution in [0.5, 0.6) is 17.2 Å². The molecule has 152 valence electrons. The Hall–Kier alpha value is -1.80. The summed E-state index contributed by atoms with van der Waals surface area (Å²) in [6.45, 7) is 10.2. The van der Waals surface area contributed by atoms with Gasteiger partial charge in [0.05, 0.1) is 6.42 Å². The molecule has 0 saturated carbocycles. The third-order valence-corrected chi connectivity index (χ3v) is 4.68. The quantitative estimate of drug-likeness (QED) is 0.273. The van der Waals surface area contributed by atoms with Crippen molar-refractivity contribution < 1.29 is 19.4 Å². The minimum absolute atomic E-state index is 0.00729. The van der Waals surface area contributed by atoms with Crippen molar-refractivity contribution in [3.05, 3.63) is 22.1 Å². The number of nitroso groups, excluding NO2 is 1. The summed E-state index contributed by atoms with van der Waals surface area (Å²) in [7, 11) is 3.88. The Bertz CT molecular complexity index is 675. The third kappa shape index (κ3) is 7.03. The highest BCUT2D eigenvalue weighted by Gasteiger charge is 2.28. The van der Waals surface area contributed by atoms with Crippen molar-refractivity contribution in [1.29, 1.82) is 0 Å². The average molecular weight is 399 g/mol. The van der Waals surface area contributed by atoms with Crippen LogP contribution in [0.4, 0.5) is 0 Å². The normalized spacial score (nSPS) is 11.7. The summed E-state index contributed by atoms with van der Waals surface area (Å²) in [5, 5.41) is 10.3. The summed E-state index contributed by atoms with van der Waals surface area (Å²) in [5.74, 6) is 0.285. The summed E-state index contributed by atoms with van der Waals surface area (Å²) in [5.41, 5.74) is 1.20. The van der Waals surface area contributed by atoms with Gasteiger partial charge in [0, 0.05) is 38.9 Å². The monoisotopic (exact) mass is 398 g/mol. The van der Waals surface area contributed by atoms with Gasteiger partial charge in [0.15, 0.2) is 11.5 Å². The van der Waals surface area contributed by atoms with E-state index in [1.54, 1.807) is 26.8 Å². The van der Waals surface area contributed by atoms with E-state index in [9.17, 15) is 14.8 Å². The lowest BCUT2D eigenvalue weighted by Gasteiger charge is -2.23. The number of ether oxygens (including phenoxy) is 2. The van der Waals surface area contributed by atoms with Crippen molar-refractivity contribution in [2.75, 3.05) is 27.2 Å². The second kappa shape index (κ2) is 9.94. The molecule has 0 atom stereocenters. The number of carbonyl (C=O) groups is 1. The first kappa shape index (κ1) is 23.2. The lowest BCUT2D eigenvalue weighted by Crippen LogP contribution is -2.24. The number of carbonyl (C=O) groups excluding carboxylic acids is 1. The molecule has 27 heavy (non-hydrogen) atoms. The molecule has 7 nitrogen and oxygen atoms in total. The van der Waals surface area contributed by atoms with Crippen LogP contribution in [0.1, 0.15) is 51.2 Å². The summed E-state index contributed by atoms with van der Waals surface area (Å²) in [4.78, 5) is 25.0. The first-order valence-corrected chi connectivity index (χ1v) is 9.61. The van der Waals surface area contributed by atoms with Crippen LogP contribution in [0.25, 0.3) is 0 Å². The largest absolute Gasteiger partial charge is 0.508 e. The van der Waals surface area contributed by atoms with Gasteiger partial charge >= 0.3 is 5.97 Å². The fourth-order valence-corrected chi connectivity index (χ4v) is 2.78. The molecule has 0 aromatic heterocycles. The van der Waals surface area contributed by atoms with Crippen molar-refractivity contribution in [3.63, 3.8) is 0 Å². The van der Waals surface area contributed by atoms with Crippen LogP contribution >= 0.6 is 11.9 Å². The fourth-order valence-electron chi connectivity index (χ4n) is 2.40. The second-order valence-corrected chi connectivity index (χ2v) is 9.09. The maximum atomic E-state index is 12.5. The number of phenols is 1. The Balaban J connectivity index is 3.21. The molecule has 0 saturated heterocycles. The molecule has 1 aromatic carbocycles. The van der Waals surface area contributed by atoms with E-state index in [1.165, 1.54) is 0 Å². The average Bonchev–Trinajstić information content (AvgIpc) is 2.52. The Morgan fingerprint density at radius 1 is 1.33 bits per heavy atom. The van der Waals surface area contributed by atoms with Crippen LogP contribution in [0.15, 0.2) is 10.6 Å². The standard InChI is InChI=1S/C19H30N2O5S/c1-12(2)14-10-15(22)13(3)17(18(14)25-9-8-21(6)7)26-16(23)11-19(4,5)27-20-24/h10,12,22H,8-9,11H2,1-7H3. The fraction of sp³-hybridized carbons (Fsp3) is 0.632. The Morgan fingerprint density at radius 3 is 2.48 bits per heavy atom. The van der Waals surface area contributed by atoms with Crippen LogP contribution in [-0.4, -0.2) is 48.0 Å². The van der Waals surface area contributed by atoms with Gasteiger partial charge in [0.25, 0.3) is 0 Å². The zero-order chi connectivity index (χ0) is 20.8. The van der Waals surface area contributed by atoms with E-state index in [0.29, 0.717) is 24.5 Å². The Labute approximate surface area is 165 Å². The molecular weight excluding hydrogens is 368 g/mol. The van der Waals surface area contributed by atoms with Gasteiger partial charge in [-0.2, -0.15) is 0 Å². The molecule has 0 amide bonds. The number of esters is 1. The molecular formula is C19H30N2O5S. The SMILES string of the molecule is Cc1c(O)cc(C(C)C)c(OCCN(C)C)c1OC(=O)CC(C)(C)SN=O. The second-order valence-electron chi connectivity index (χ2n) is 7.65. The number of nitrogens with zero attached hydrogens (tertiary/aromatic N) is 2. The van der Waals surface area contributed by atoms with Crippen molar-refractivity contribution >= 4 is 17.9 Å². The molecule has 0 unspecified atom stereocenters. The minimum Gasteiger partial charge on any atom is -0.508 e. The van der Waals surface area contributed by atoms with Crippen LogP contribution in [0, 0.1) is 11.8 Å². The number of rotatable bonds is 10. The van der Waals surface area contributed by atoms with Gasteiger partial charge in [0.2, 0.25) is 0 Å². The van der Waals surface area contributed by atoms with E-state index in [1.807, 2.05) is 32.8 Å². The van der Waals surface area contributed by atoms with Gasteiger partial charge in [-0.1, -0.05) is 13.8 Å². The van der Waals surface area contributed by atoms with Crippen LogP contribution in [0.2, 0.25) is 0 Å². The predicted octanol–water partition coefficient (Wildman–Crippen LogP) is 4.25. The van der Waals surface area contributed by atoms with E-state index < -0.39 is 10.7 Å². The summed E-state index contributed by atoms with van der Waals surface area (Å²) < 4.78 is 13.7. The van der Waals surface area contributed by atoms with Crippen LogP contribution in [-0.2, 0) is 4.79 Å². The summed E-state index contributed by atoms with van der Waals surface area (Å²) in [6, 6.07) is 1.65. The number of aromatic hydroxyl groups is 1. The van der Waals surface area contributed by atoms with E-state index in [0.717, 1.165) is 17.5 Å². The molecule has 0 heterocycles. The van der Waals surface area contributed by atoms with Gasteiger partial charge in [-0.15, -0.1) is 4.91 Å². The van der Waals surface area contributed by atoms with Crippen LogP contribution in [0.3, 0.4) is 0 Å². The number of hydrogen-bond acceptors (Lipinski definition) is 8. The Morgan fingerprint density at radius 2 is 1.96 bits per heavy atom. The number of phenolic OH excluding ortho intramolecular Hbond substituents is 1. The molecule has 8 heteroatoms. The third-order valence-electron chi connectivity index (χ3n) is 3.96. The summed E-state index contributed by atoms with van der Waals surface area (Å²) >= 11 is 0.792. The number of hydrogen-bond donors (Lipinski definition) is 1. The maximum Gasteiger partial charge on any atom is 0.312 e. The number of likely N-dealkylation sites (N-methyl/N-ethyl adjacent to an activating group) is 1. The van der Waals surface area contributed by atoms with Gasteiger partial charge < -0.3 is 19.5 Å². The van der Waals surface area contributed by atoms with Crippen molar-refractivity contribution in [1.82, 2.24) is 4.90 Å². The predicted molar refractivity (Wildman–Crippen MR) is 109 cm³/mol. The summed E-state index contributed by atoms with van der Waals surface area (Å²) in [6.07, 6.45) is -0.00729. The van der Waals surface area contributed by atoms with Crippen molar-refractivity contribution in [3.8, 4) is 17.2 Å². The molecule has 0 spiro atoms. The zero-order valence-electron chi connectivity index (χ0n) is 17.2. The lowest BCUT2D eigenvalue weighted by molar-refractivity contribution is -0.135. The van der Waals surface area contributed by atoms with E-state index in [-0.39, 0.29) is 23.8 Å². The topological polar surface area (TPSA) is 88.4 Å². The lowest BCUT2D eigenvalue weighted by atomic mass is 9.98. The molecule has 1 rings (SSSR count). The highest BCUT2D eigenvalue weighted by atomic mass is 32.2. The molecule has 1 N–H and O–H groups in total. The first-order valence-electron chi connectivity index (χ1n) is 8.84. The van der Waals surface area contributed by atoms with Gasteiger partial charge in [-0.3, -0.25) is 4.79 Å². The zero-order valence-corrected chi connectivity index (χ0v) is 18.0. The minimum atomic E-state index is -0.684. The maximum absolute atomic E-state index is 12.5. The highest BCUT2D eigenvalue weighted by molar-refractivity contribution is 7.99. The molecule has 1 aromatic rings. The molecule has 0 bridgehead atoms. The van der Waals surface area contributed by atoms with E-state index in [2.05, 4.69) is 4.58 Å². The highest BCUT2D eigenvalue weighted by Crippen LogP contribution is 2.43. The van der Waals surface area contributed by atoms with Crippen molar-refractivity contribution in [2.24, 2.45) is 4.58 Å². The number of benzene rings is 1. The van der Waals surface area contributed by atoms with Crippen molar-refractivity contribution in [2.45, 2.75) is 51.7 Å². The molecule has 0 fully saturated rings. The molecule has 0 aliphatic rings. The molecule has 0 radical (unpaired) electrons. The molecule has 0 aliphatic heterocycles. The van der Waals surface area contributed by atoms with Gasteiger partial charge in [-0.25, -0.2) is 0 Å². The van der Waals surface area contributed by atoms with Gasteiger partial charge in [-0.05, 0) is 46.9 Å². The first-order chi connectivity index (χ1) is 12.5. The van der Waals surface area contributed by atoms with Crippen LogP contribution < -0.4 is 9.47 Å². The van der Waals surface area contributed by atoms with E-state index >= 15 is 0 Å².